The van der Waals surface area contributed by atoms with Gasteiger partial charge in [-0.15, -0.1) is 0 Å². The Morgan fingerprint density at radius 3 is 2.50 bits per heavy atom. The highest BCUT2D eigenvalue weighted by molar-refractivity contribution is 6.47. The van der Waals surface area contributed by atoms with Crippen molar-refractivity contribution in [1.82, 2.24) is 9.97 Å². The van der Waals surface area contributed by atoms with Crippen molar-refractivity contribution in [2.45, 2.75) is 6.92 Å². The molecule has 10 heteroatoms. The summed E-state index contributed by atoms with van der Waals surface area (Å²) in [4.78, 5) is 20.7. The smallest absolute Gasteiger partial charge is 0.278 e. The molecule has 0 fully saturated rings. The molecule has 4 N–H and O–H groups in total. The number of carbonyl (C=O) groups excluding carboxylic acids is 1. The third kappa shape index (κ3) is 4.86. The van der Waals surface area contributed by atoms with Gasteiger partial charge in [-0.25, -0.2) is 4.98 Å². The van der Waals surface area contributed by atoms with E-state index < -0.39 is 11.6 Å². The molecule has 0 unspecified atom stereocenters. The molecule has 0 aliphatic heterocycles. The lowest BCUT2D eigenvalue weighted by Gasteiger charge is -2.12. The molecule has 0 radical (unpaired) electrons. The van der Waals surface area contributed by atoms with Crippen molar-refractivity contribution < 1.29 is 23.7 Å². The highest BCUT2D eigenvalue weighted by Gasteiger charge is 2.16. The Balaban J connectivity index is 1.77. The van der Waals surface area contributed by atoms with Crippen molar-refractivity contribution in [2.75, 3.05) is 26.1 Å². The average molecular weight is 437 g/mol. The number of ether oxygens (including phenoxy) is 4. The van der Waals surface area contributed by atoms with Gasteiger partial charge in [0.25, 0.3) is 5.91 Å². The summed E-state index contributed by atoms with van der Waals surface area (Å²) >= 11 is 0. The van der Waals surface area contributed by atoms with E-state index in [0.717, 1.165) is 11.6 Å². The molecule has 0 atom stereocenters. The molecule has 2 heterocycles. The van der Waals surface area contributed by atoms with Crippen molar-refractivity contribution in [3.63, 3.8) is 0 Å². The molecule has 0 saturated heterocycles. The van der Waals surface area contributed by atoms with Gasteiger partial charge in [-0.1, -0.05) is 0 Å². The monoisotopic (exact) mass is 437 g/mol. The van der Waals surface area contributed by atoms with Gasteiger partial charge in [-0.3, -0.25) is 15.2 Å². The molecule has 3 aromatic rings. The Kier molecular flexibility index (Phi) is 7.06. The lowest BCUT2D eigenvalue weighted by Crippen LogP contribution is -2.25. The molecule has 0 aliphatic rings. The van der Waals surface area contributed by atoms with E-state index in [1.54, 1.807) is 57.7 Å². The predicted octanol–water partition coefficient (Wildman–Crippen LogP) is 3.23. The minimum Gasteiger partial charge on any atom is -0.493 e. The summed E-state index contributed by atoms with van der Waals surface area (Å²) in [7, 11) is 3.11. The maximum Gasteiger partial charge on any atom is 0.278 e. The van der Waals surface area contributed by atoms with E-state index in [1.807, 2.05) is 0 Å². The lowest BCUT2D eigenvalue weighted by molar-refractivity contribution is -0.110. The van der Waals surface area contributed by atoms with Gasteiger partial charge >= 0.3 is 0 Å². The summed E-state index contributed by atoms with van der Waals surface area (Å²) in [6.07, 6.45) is 4.14. The molecule has 1 amide bonds. The number of nitrogens with one attached hydrogen (secondary N) is 2. The normalized spacial score (nSPS) is 11.0. The molecule has 10 nitrogen and oxygen atoms in total. The van der Waals surface area contributed by atoms with Crippen molar-refractivity contribution in [2.24, 2.45) is 5.73 Å². The van der Waals surface area contributed by atoms with Crippen LogP contribution in [0.25, 0.3) is 10.9 Å². The van der Waals surface area contributed by atoms with Gasteiger partial charge in [0.05, 0.1) is 32.5 Å². The zero-order valence-electron chi connectivity index (χ0n) is 17.8. The minimum absolute atomic E-state index is 0.0124. The molecule has 1 aromatic carbocycles. The van der Waals surface area contributed by atoms with Crippen molar-refractivity contribution in [3.05, 3.63) is 54.7 Å². The Morgan fingerprint density at radius 1 is 1.12 bits per heavy atom. The van der Waals surface area contributed by atoms with Gasteiger partial charge in [0, 0.05) is 23.8 Å². The zero-order chi connectivity index (χ0) is 23.1. The number of nitrogens with zero attached hydrogens (tertiary/aromatic N) is 2. The van der Waals surface area contributed by atoms with E-state index in [2.05, 4.69) is 15.3 Å². The maximum absolute atomic E-state index is 12.2. The summed E-state index contributed by atoms with van der Waals surface area (Å²) in [6, 6.07) is 8.46. The third-order valence-electron chi connectivity index (χ3n) is 4.34. The van der Waals surface area contributed by atoms with E-state index in [-0.39, 0.29) is 18.2 Å². The van der Waals surface area contributed by atoms with E-state index in [4.69, 9.17) is 30.1 Å². The number of rotatable bonds is 9. The molecule has 3 rings (SSSR count). The molecular formula is C22H23N5O5. The number of amides is 1. The van der Waals surface area contributed by atoms with Crippen LogP contribution < -0.4 is 25.3 Å². The summed E-state index contributed by atoms with van der Waals surface area (Å²) in [5.41, 5.74) is 5.67. The highest BCUT2D eigenvalue weighted by Crippen LogP contribution is 2.36. The van der Waals surface area contributed by atoms with Crippen LogP contribution in [-0.4, -0.2) is 42.4 Å². The van der Waals surface area contributed by atoms with Crippen LogP contribution in [0.15, 0.2) is 54.7 Å². The number of nitrogens with two attached hydrogens (primary N) is 1. The molecule has 0 spiro atoms. The standard InChI is InChI=1S/C22H23N5O5/c1-4-31-19(11-23)21(24)22(28)27-20-6-5-13(12-26-20)32-16-7-8-25-15-10-18(30-3)17(29-2)9-14(15)16/h5-12,24H,4,23H2,1-3H3,(H,26,27,28)/b19-11+,24-21?. The first-order valence-electron chi connectivity index (χ1n) is 9.60. The predicted molar refractivity (Wildman–Crippen MR) is 119 cm³/mol. The van der Waals surface area contributed by atoms with Gasteiger partial charge in [0.2, 0.25) is 0 Å². The summed E-state index contributed by atoms with van der Waals surface area (Å²) in [6.45, 7) is 2.01. The number of fused-ring (bicyclic) bond motifs is 1. The van der Waals surface area contributed by atoms with Crippen molar-refractivity contribution in [1.29, 1.82) is 5.41 Å². The van der Waals surface area contributed by atoms with Crippen LogP contribution in [0.2, 0.25) is 0 Å². The number of hydrogen-bond donors (Lipinski definition) is 3. The van der Waals surface area contributed by atoms with E-state index in [9.17, 15) is 4.79 Å². The number of benzene rings is 1. The maximum atomic E-state index is 12.2. The van der Waals surface area contributed by atoms with E-state index in [1.165, 1.54) is 6.20 Å². The number of aromatic nitrogens is 2. The fourth-order valence-corrected chi connectivity index (χ4v) is 2.83. The SMILES string of the molecule is CCO/C(=C/N)C(=N)C(=O)Nc1ccc(Oc2ccnc3cc(OC)c(OC)cc23)cn1. The number of anilines is 1. The van der Waals surface area contributed by atoms with Gasteiger partial charge in [0.15, 0.2) is 23.0 Å². The van der Waals surface area contributed by atoms with Gasteiger partial charge in [-0.05, 0) is 31.2 Å². The quantitative estimate of drug-likeness (QED) is 0.342. The summed E-state index contributed by atoms with van der Waals surface area (Å²) < 4.78 is 21.8. The number of carbonyl (C=O) groups is 1. The molecule has 166 valence electrons. The Morgan fingerprint density at radius 2 is 1.88 bits per heavy atom. The zero-order valence-corrected chi connectivity index (χ0v) is 17.8. The second-order valence-corrected chi connectivity index (χ2v) is 6.31. The topological polar surface area (TPSA) is 142 Å². The molecule has 0 saturated carbocycles. The molecule has 32 heavy (non-hydrogen) atoms. The average Bonchev–Trinajstić information content (AvgIpc) is 2.82. The van der Waals surface area contributed by atoms with Crippen LogP contribution in [0.3, 0.4) is 0 Å². The van der Waals surface area contributed by atoms with Crippen molar-refractivity contribution in [3.8, 4) is 23.0 Å². The Labute approximate surface area is 184 Å². The van der Waals surface area contributed by atoms with Crippen LogP contribution in [-0.2, 0) is 9.53 Å². The second-order valence-electron chi connectivity index (χ2n) is 6.31. The van der Waals surface area contributed by atoms with E-state index >= 15 is 0 Å². The van der Waals surface area contributed by atoms with Gasteiger partial charge < -0.3 is 30.0 Å². The minimum atomic E-state index is -0.697. The lowest BCUT2D eigenvalue weighted by atomic mass is 10.2. The summed E-state index contributed by atoms with van der Waals surface area (Å²) in [5.74, 6) is 1.64. The van der Waals surface area contributed by atoms with Crippen molar-refractivity contribution >= 4 is 28.3 Å². The number of methoxy groups -OCH3 is 2. The Hall–Kier alpha value is -4.34. The molecule has 0 bridgehead atoms. The largest absolute Gasteiger partial charge is 0.493 e. The van der Waals surface area contributed by atoms with Crippen LogP contribution in [0, 0.1) is 5.41 Å². The Bertz CT molecular complexity index is 1160. The fourth-order valence-electron chi connectivity index (χ4n) is 2.83. The fraction of sp³-hybridized carbons (Fsp3) is 0.182. The van der Waals surface area contributed by atoms with Crippen LogP contribution in [0.4, 0.5) is 5.82 Å². The summed E-state index contributed by atoms with van der Waals surface area (Å²) in [5, 5.41) is 11.1. The first-order valence-corrected chi connectivity index (χ1v) is 9.60. The molecule has 2 aromatic heterocycles. The van der Waals surface area contributed by atoms with Crippen LogP contribution in [0.5, 0.6) is 23.0 Å². The third-order valence-corrected chi connectivity index (χ3v) is 4.34. The van der Waals surface area contributed by atoms with Crippen LogP contribution in [0.1, 0.15) is 6.92 Å². The van der Waals surface area contributed by atoms with Gasteiger partial charge in [0.1, 0.15) is 17.3 Å². The number of pyridine rings is 2. The van der Waals surface area contributed by atoms with Gasteiger partial charge in [-0.2, -0.15) is 0 Å². The highest BCUT2D eigenvalue weighted by atomic mass is 16.5. The first kappa shape index (κ1) is 22.3. The first-order chi connectivity index (χ1) is 15.5. The molecular weight excluding hydrogens is 414 g/mol. The van der Waals surface area contributed by atoms with Crippen LogP contribution >= 0.6 is 0 Å². The number of hydrogen-bond acceptors (Lipinski definition) is 9. The van der Waals surface area contributed by atoms with E-state index in [0.29, 0.717) is 28.5 Å². The molecule has 0 aliphatic carbocycles. The second kappa shape index (κ2) is 10.1.